The molecule has 8 rings (SSSR count). The molecule has 0 spiro atoms. The average molecular weight is 654 g/mol. The van der Waals surface area contributed by atoms with Gasteiger partial charge in [-0.25, -0.2) is 0 Å². The second-order valence-electron chi connectivity index (χ2n) is 13.2. The fraction of sp³-hybridized carbons (Fsp3) is 0.0233. The van der Waals surface area contributed by atoms with Crippen molar-refractivity contribution in [3.8, 4) is 39.3 Å². The van der Waals surface area contributed by atoms with E-state index in [2.05, 4.69) is 22.8 Å². The number of allylic oxidation sites excluding steroid dienone is 2. The van der Waals surface area contributed by atoms with Crippen molar-refractivity contribution >= 4 is 122 Å². The van der Waals surface area contributed by atoms with E-state index in [1.807, 2.05) is 103 Å². The quantitative estimate of drug-likeness (QED) is 0.259. The Balaban J connectivity index is 1.57. The maximum atomic E-state index is 7.35. The van der Waals surface area contributed by atoms with Gasteiger partial charge in [0.25, 0.3) is 0 Å². The third-order valence-corrected chi connectivity index (χ3v) is 9.98. The molecular formula is C43H23B8N2. The summed E-state index contributed by atoms with van der Waals surface area (Å²) in [6, 6.07) is 40.1. The number of hydrogen-bond donors (Lipinski definition) is 0. The standard InChI is InChI=1S/C43H23B8N2/c1-22(44)36(45)40(49)35-31(24-13-9-14-25(21-24)43-52-29-19-7-8-20-30(29)53(43)26-15-3-2-4-16-26)33-34(39(48)42(51)41(50)38(33)47)32(37(35)46)28-18-10-12-23-11-5-6-17-27(23)28/h2-21H,1H3/b36-22-,40-35+. The first-order valence-corrected chi connectivity index (χ1v) is 17.1. The first kappa shape index (κ1) is 34.7. The van der Waals surface area contributed by atoms with E-state index in [0.717, 1.165) is 44.4 Å². The summed E-state index contributed by atoms with van der Waals surface area (Å²) < 4.78 is 2.13. The zero-order valence-corrected chi connectivity index (χ0v) is 29.1. The van der Waals surface area contributed by atoms with Crippen LogP contribution in [0.3, 0.4) is 0 Å². The molecule has 0 amide bonds. The molecule has 0 saturated carbocycles. The van der Waals surface area contributed by atoms with E-state index >= 15 is 0 Å². The van der Waals surface area contributed by atoms with Gasteiger partial charge in [-0.3, -0.25) is 0 Å². The van der Waals surface area contributed by atoms with Gasteiger partial charge in [0.2, 0.25) is 0 Å². The Bertz CT molecular complexity index is 2940. The fourth-order valence-electron chi connectivity index (χ4n) is 7.38. The Kier molecular flexibility index (Phi) is 8.89. The molecule has 0 aliphatic rings. The molecule has 15 radical (unpaired) electrons. The molecule has 0 aliphatic carbocycles. The van der Waals surface area contributed by atoms with Gasteiger partial charge in [-0.2, -0.15) is 0 Å². The summed E-state index contributed by atoms with van der Waals surface area (Å²) in [5.41, 5.74) is 7.75. The average Bonchev–Trinajstić information content (AvgIpc) is 3.58. The number of fused-ring (bicyclic) bond motifs is 3. The van der Waals surface area contributed by atoms with E-state index in [1.54, 1.807) is 6.92 Å². The molecule has 1 heterocycles. The molecular weight excluding hydrogens is 631 g/mol. The monoisotopic (exact) mass is 655 g/mol. The Labute approximate surface area is 319 Å². The summed E-state index contributed by atoms with van der Waals surface area (Å²) in [5, 5.41) is 3.77. The van der Waals surface area contributed by atoms with Crippen molar-refractivity contribution in [2.45, 2.75) is 6.92 Å². The molecule has 0 N–H and O–H groups in total. The molecule has 8 aromatic rings. The van der Waals surface area contributed by atoms with Crippen LogP contribution >= 0.6 is 0 Å². The van der Waals surface area contributed by atoms with Gasteiger partial charge in [-0.05, 0) is 0 Å². The predicted octanol–water partition coefficient (Wildman–Crippen LogP) is 3.77. The van der Waals surface area contributed by atoms with E-state index in [-0.39, 0.29) is 32.8 Å². The van der Waals surface area contributed by atoms with E-state index in [9.17, 15) is 0 Å². The molecule has 10 heteroatoms. The molecule has 0 unspecified atom stereocenters. The SMILES string of the molecule is [B]/C(C)=C([B])/C([B])=c1/c(-c2cccc(-c3nc4ccccc4n3-c3ccccc3)c2)c2c([B])c([B])c([B])c([B])c2c(-c2cccc3ccccc23)c1=[B]. The second kappa shape index (κ2) is 13.6. The summed E-state index contributed by atoms with van der Waals surface area (Å²) in [4.78, 5) is 5.11. The van der Waals surface area contributed by atoms with Crippen molar-refractivity contribution in [3.05, 3.63) is 143 Å². The first-order chi connectivity index (χ1) is 25.6. The van der Waals surface area contributed by atoms with Crippen molar-refractivity contribution in [2.24, 2.45) is 0 Å². The van der Waals surface area contributed by atoms with Gasteiger partial charge < -0.3 is 0 Å². The number of para-hydroxylation sites is 3. The summed E-state index contributed by atoms with van der Waals surface area (Å²) >= 11 is 0. The van der Waals surface area contributed by atoms with Crippen molar-refractivity contribution < 1.29 is 0 Å². The van der Waals surface area contributed by atoms with Gasteiger partial charge >= 0.3 is 321 Å². The molecule has 1 aromatic heterocycles. The first-order valence-electron chi connectivity index (χ1n) is 17.1. The van der Waals surface area contributed by atoms with Crippen molar-refractivity contribution in [1.82, 2.24) is 9.55 Å². The number of hydrogen-bond acceptors (Lipinski definition) is 1. The Morgan fingerprint density at radius 2 is 1.21 bits per heavy atom. The summed E-state index contributed by atoms with van der Waals surface area (Å²) in [7, 11) is 54.4. The fourth-order valence-corrected chi connectivity index (χ4v) is 7.38. The van der Waals surface area contributed by atoms with Crippen LogP contribution in [0.1, 0.15) is 6.92 Å². The molecule has 2 nitrogen and oxygen atoms in total. The van der Waals surface area contributed by atoms with Crippen LogP contribution in [0, 0.1) is 5.11 Å². The van der Waals surface area contributed by atoms with Gasteiger partial charge in [0.15, 0.2) is 0 Å². The Morgan fingerprint density at radius 3 is 1.94 bits per heavy atom. The predicted molar refractivity (Wildman–Crippen MR) is 232 cm³/mol. The van der Waals surface area contributed by atoms with E-state index in [4.69, 9.17) is 67.4 Å². The summed E-state index contributed by atoms with van der Waals surface area (Å²) in [6.45, 7) is 1.68. The van der Waals surface area contributed by atoms with E-state index in [1.165, 1.54) is 0 Å². The molecule has 7 aromatic carbocycles. The zero-order valence-electron chi connectivity index (χ0n) is 29.1. The van der Waals surface area contributed by atoms with Gasteiger partial charge in [0.1, 0.15) is 0 Å². The zero-order chi connectivity index (χ0) is 37.1. The topological polar surface area (TPSA) is 17.8 Å². The minimum atomic E-state index is 0.148. The number of aromatic nitrogens is 2. The van der Waals surface area contributed by atoms with Gasteiger partial charge in [0.05, 0.1) is 0 Å². The van der Waals surface area contributed by atoms with Crippen LogP contribution < -0.4 is 27.1 Å². The maximum absolute atomic E-state index is 7.35. The molecule has 0 fully saturated rings. The van der Waals surface area contributed by atoms with Gasteiger partial charge in [0, 0.05) is 0 Å². The van der Waals surface area contributed by atoms with Crippen LogP contribution in [-0.4, -0.2) is 72.0 Å². The molecule has 0 atom stereocenters. The minimum absolute atomic E-state index is 0.148. The molecule has 229 valence electrons. The molecule has 0 bridgehead atoms. The van der Waals surface area contributed by atoms with Crippen molar-refractivity contribution in [2.75, 3.05) is 0 Å². The number of rotatable bonds is 5. The van der Waals surface area contributed by atoms with Crippen LogP contribution in [0.2, 0.25) is 0 Å². The van der Waals surface area contributed by atoms with Crippen molar-refractivity contribution in [1.29, 1.82) is 0 Å². The van der Waals surface area contributed by atoms with E-state index < -0.39 is 0 Å². The van der Waals surface area contributed by atoms with Crippen LogP contribution in [0.4, 0.5) is 0 Å². The van der Waals surface area contributed by atoms with Crippen LogP contribution in [0.25, 0.3) is 77.4 Å². The van der Waals surface area contributed by atoms with Crippen LogP contribution in [0.15, 0.2) is 132 Å². The van der Waals surface area contributed by atoms with Gasteiger partial charge in [-0.1, -0.05) is 0 Å². The van der Waals surface area contributed by atoms with Gasteiger partial charge in [-0.15, -0.1) is 0 Å². The Hall–Kier alpha value is -5.34. The second-order valence-corrected chi connectivity index (χ2v) is 13.2. The number of benzene rings is 7. The van der Waals surface area contributed by atoms with Crippen LogP contribution in [-0.2, 0) is 0 Å². The Morgan fingerprint density at radius 1 is 0.604 bits per heavy atom. The molecule has 0 saturated heterocycles. The number of imidazole rings is 1. The number of nitrogens with zero attached hydrogens (tertiary/aromatic N) is 2. The van der Waals surface area contributed by atoms with Crippen molar-refractivity contribution in [3.63, 3.8) is 0 Å². The normalized spacial score (nSPS) is 12.7. The van der Waals surface area contributed by atoms with E-state index in [0.29, 0.717) is 43.3 Å². The molecule has 53 heavy (non-hydrogen) atoms. The van der Waals surface area contributed by atoms with Crippen LogP contribution in [0.5, 0.6) is 0 Å². The third-order valence-electron chi connectivity index (χ3n) is 9.98. The third kappa shape index (κ3) is 5.62. The summed E-state index contributed by atoms with van der Waals surface area (Å²) in [5.74, 6) is 0.732. The summed E-state index contributed by atoms with van der Waals surface area (Å²) in [6.07, 6.45) is 0. The molecule has 0 aliphatic heterocycles.